The van der Waals surface area contributed by atoms with E-state index in [9.17, 15) is 14.7 Å². The summed E-state index contributed by atoms with van der Waals surface area (Å²) in [5.41, 5.74) is 0.752. The summed E-state index contributed by atoms with van der Waals surface area (Å²) >= 11 is 0. The first-order chi connectivity index (χ1) is 10.9. The van der Waals surface area contributed by atoms with Crippen molar-refractivity contribution >= 4 is 11.9 Å². The number of benzene rings is 1. The standard InChI is InChI=1S/C16H24N2O5/c1-11(2)17-8-13(19)10-23-14-5-3-12(4-6-14)7-15(20)18-9-16(21)22/h3-6,11,13,17,19H,7-10H2,1-2H3,(H,18,20)(H,21,22). The van der Waals surface area contributed by atoms with E-state index in [-0.39, 0.29) is 25.5 Å². The second kappa shape index (κ2) is 9.81. The second-order valence-corrected chi connectivity index (χ2v) is 5.52. The Morgan fingerprint density at radius 3 is 2.43 bits per heavy atom. The molecule has 4 N–H and O–H groups in total. The molecule has 0 saturated heterocycles. The maximum Gasteiger partial charge on any atom is 0.322 e. The molecule has 0 spiro atoms. The van der Waals surface area contributed by atoms with Crippen LogP contribution in [0.1, 0.15) is 19.4 Å². The van der Waals surface area contributed by atoms with Gasteiger partial charge in [-0.1, -0.05) is 26.0 Å². The Hall–Kier alpha value is -2.12. The van der Waals surface area contributed by atoms with Crippen LogP contribution in [0.2, 0.25) is 0 Å². The molecule has 1 amide bonds. The molecule has 7 nitrogen and oxygen atoms in total. The molecule has 0 bridgehead atoms. The molecule has 1 aromatic rings. The van der Waals surface area contributed by atoms with Crippen LogP contribution in [0.15, 0.2) is 24.3 Å². The fraction of sp³-hybridized carbons (Fsp3) is 0.500. The van der Waals surface area contributed by atoms with Crippen molar-refractivity contribution in [3.63, 3.8) is 0 Å². The van der Waals surface area contributed by atoms with Crippen molar-refractivity contribution < 1.29 is 24.5 Å². The minimum Gasteiger partial charge on any atom is -0.491 e. The first-order valence-corrected chi connectivity index (χ1v) is 7.48. The van der Waals surface area contributed by atoms with E-state index < -0.39 is 12.1 Å². The van der Waals surface area contributed by atoms with Gasteiger partial charge in [-0.15, -0.1) is 0 Å². The number of ether oxygens (including phenoxy) is 1. The average molecular weight is 324 g/mol. The van der Waals surface area contributed by atoms with Crippen LogP contribution >= 0.6 is 0 Å². The molecule has 0 radical (unpaired) electrons. The Balaban J connectivity index is 2.35. The zero-order valence-electron chi connectivity index (χ0n) is 13.4. The lowest BCUT2D eigenvalue weighted by atomic mass is 10.1. The quantitative estimate of drug-likeness (QED) is 0.489. The lowest BCUT2D eigenvalue weighted by Gasteiger charge is -2.15. The number of amides is 1. The highest BCUT2D eigenvalue weighted by atomic mass is 16.5. The van der Waals surface area contributed by atoms with Gasteiger partial charge in [-0.05, 0) is 17.7 Å². The molecule has 128 valence electrons. The fourth-order valence-corrected chi connectivity index (χ4v) is 1.75. The van der Waals surface area contributed by atoms with Crippen molar-refractivity contribution in [1.29, 1.82) is 0 Å². The predicted octanol–water partition coefficient (Wildman–Crippen LogP) is 0.168. The van der Waals surface area contributed by atoms with Gasteiger partial charge in [0.25, 0.3) is 0 Å². The fourth-order valence-electron chi connectivity index (χ4n) is 1.75. The van der Waals surface area contributed by atoms with Gasteiger partial charge in [0.05, 0.1) is 6.42 Å². The minimum atomic E-state index is -1.08. The summed E-state index contributed by atoms with van der Waals surface area (Å²) in [4.78, 5) is 21.9. The summed E-state index contributed by atoms with van der Waals surface area (Å²) in [5.74, 6) is -0.827. The number of carbonyl (C=O) groups is 2. The molecule has 1 aromatic carbocycles. The van der Waals surface area contributed by atoms with Gasteiger partial charge in [0.1, 0.15) is 25.0 Å². The van der Waals surface area contributed by atoms with Crippen molar-refractivity contribution in [3.05, 3.63) is 29.8 Å². The molecule has 0 aliphatic heterocycles. The van der Waals surface area contributed by atoms with Gasteiger partial charge in [-0.2, -0.15) is 0 Å². The van der Waals surface area contributed by atoms with Crippen LogP contribution < -0.4 is 15.4 Å². The number of aliphatic carboxylic acids is 1. The normalized spacial score (nSPS) is 12.0. The van der Waals surface area contributed by atoms with E-state index in [0.717, 1.165) is 5.56 Å². The molecule has 0 aromatic heterocycles. The third kappa shape index (κ3) is 8.80. The lowest BCUT2D eigenvalue weighted by molar-refractivity contribution is -0.137. The first kappa shape index (κ1) is 18.9. The van der Waals surface area contributed by atoms with E-state index in [1.165, 1.54) is 0 Å². The maximum absolute atomic E-state index is 11.5. The van der Waals surface area contributed by atoms with Gasteiger partial charge in [-0.25, -0.2) is 0 Å². The van der Waals surface area contributed by atoms with Crippen molar-refractivity contribution in [2.24, 2.45) is 0 Å². The van der Waals surface area contributed by atoms with Crippen molar-refractivity contribution in [1.82, 2.24) is 10.6 Å². The van der Waals surface area contributed by atoms with Crippen LogP contribution in [0.3, 0.4) is 0 Å². The zero-order chi connectivity index (χ0) is 17.2. The predicted molar refractivity (Wildman–Crippen MR) is 85.4 cm³/mol. The van der Waals surface area contributed by atoms with Gasteiger partial charge >= 0.3 is 5.97 Å². The van der Waals surface area contributed by atoms with Crippen LogP contribution in [-0.2, 0) is 16.0 Å². The molecule has 0 aliphatic rings. The molecule has 0 fully saturated rings. The molecular weight excluding hydrogens is 300 g/mol. The Bertz CT molecular complexity index is 502. The van der Waals surface area contributed by atoms with Crippen molar-refractivity contribution in [3.8, 4) is 5.75 Å². The largest absolute Gasteiger partial charge is 0.491 e. The molecule has 1 rings (SSSR count). The van der Waals surface area contributed by atoms with Gasteiger partial charge in [0, 0.05) is 12.6 Å². The number of aliphatic hydroxyl groups is 1. The van der Waals surface area contributed by atoms with E-state index >= 15 is 0 Å². The Labute approximate surface area is 135 Å². The Kier molecular flexibility index (Phi) is 8.07. The number of carboxylic acid groups (broad SMARTS) is 1. The molecule has 1 unspecified atom stereocenters. The number of carbonyl (C=O) groups excluding carboxylic acids is 1. The van der Waals surface area contributed by atoms with E-state index in [4.69, 9.17) is 9.84 Å². The molecular formula is C16H24N2O5. The summed E-state index contributed by atoms with van der Waals surface area (Å²) in [6, 6.07) is 7.18. The Morgan fingerprint density at radius 1 is 1.22 bits per heavy atom. The van der Waals surface area contributed by atoms with Crippen LogP contribution in [-0.4, -0.2) is 53.9 Å². The maximum atomic E-state index is 11.5. The summed E-state index contributed by atoms with van der Waals surface area (Å²) in [7, 11) is 0. The first-order valence-electron chi connectivity index (χ1n) is 7.48. The van der Waals surface area contributed by atoms with Gasteiger partial charge in [0.15, 0.2) is 0 Å². The highest BCUT2D eigenvalue weighted by molar-refractivity contribution is 5.82. The van der Waals surface area contributed by atoms with E-state index in [1.807, 2.05) is 13.8 Å². The second-order valence-electron chi connectivity index (χ2n) is 5.52. The molecule has 7 heteroatoms. The van der Waals surface area contributed by atoms with Crippen LogP contribution in [0.4, 0.5) is 0 Å². The SMILES string of the molecule is CC(C)NCC(O)COc1ccc(CC(=O)NCC(=O)O)cc1. The molecule has 0 saturated carbocycles. The number of hydrogen-bond acceptors (Lipinski definition) is 5. The third-order valence-corrected chi connectivity index (χ3v) is 2.93. The smallest absolute Gasteiger partial charge is 0.322 e. The molecule has 0 aliphatic carbocycles. The molecule has 0 heterocycles. The van der Waals surface area contributed by atoms with E-state index in [0.29, 0.717) is 18.3 Å². The molecule has 23 heavy (non-hydrogen) atoms. The van der Waals surface area contributed by atoms with E-state index in [2.05, 4.69) is 10.6 Å². The number of nitrogens with one attached hydrogen (secondary N) is 2. The van der Waals surface area contributed by atoms with Crippen molar-refractivity contribution in [2.45, 2.75) is 32.4 Å². The summed E-state index contributed by atoms with van der Waals surface area (Å²) in [5, 5.41) is 23.6. The highest BCUT2D eigenvalue weighted by Crippen LogP contribution is 2.13. The Morgan fingerprint density at radius 2 is 1.87 bits per heavy atom. The summed E-state index contributed by atoms with van der Waals surface area (Å²) < 4.78 is 5.47. The number of aliphatic hydroxyl groups excluding tert-OH is 1. The zero-order valence-corrected chi connectivity index (χ0v) is 13.4. The van der Waals surface area contributed by atoms with Crippen molar-refractivity contribution in [2.75, 3.05) is 19.7 Å². The van der Waals surface area contributed by atoms with Gasteiger partial charge in [0.2, 0.25) is 5.91 Å². The number of carboxylic acids is 1. The van der Waals surface area contributed by atoms with Gasteiger partial charge in [-0.3, -0.25) is 9.59 Å². The van der Waals surface area contributed by atoms with Crippen LogP contribution in [0.25, 0.3) is 0 Å². The summed E-state index contributed by atoms with van der Waals surface area (Å²) in [6.45, 7) is 4.25. The minimum absolute atomic E-state index is 0.106. The van der Waals surface area contributed by atoms with Crippen LogP contribution in [0.5, 0.6) is 5.75 Å². The number of hydrogen-bond donors (Lipinski definition) is 4. The summed E-state index contributed by atoms with van der Waals surface area (Å²) in [6.07, 6.45) is -0.493. The topological polar surface area (TPSA) is 108 Å². The van der Waals surface area contributed by atoms with Crippen LogP contribution in [0, 0.1) is 0 Å². The average Bonchev–Trinajstić information content (AvgIpc) is 2.50. The molecule has 1 atom stereocenters. The monoisotopic (exact) mass is 324 g/mol. The van der Waals surface area contributed by atoms with Gasteiger partial charge < -0.3 is 25.6 Å². The van der Waals surface area contributed by atoms with E-state index in [1.54, 1.807) is 24.3 Å². The highest BCUT2D eigenvalue weighted by Gasteiger charge is 2.07. The third-order valence-electron chi connectivity index (χ3n) is 2.93. The lowest BCUT2D eigenvalue weighted by Crippen LogP contribution is -2.35. The number of rotatable bonds is 10.